The zero-order valence-electron chi connectivity index (χ0n) is 11.9. The van der Waals surface area contributed by atoms with Gasteiger partial charge in [-0.3, -0.25) is 9.59 Å². The number of hydrogen-bond donors (Lipinski definition) is 3. The molecule has 1 saturated carbocycles. The lowest BCUT2D eigenvalue weighted by Gasteiger charge is -2.49. The van der Waals surface area contributed by atoms with Gasteiger partial charge in [-0.25, -0.2) is 0 Å². The average Bonchev–Trinajstić information content (AvgIpc) is 2.40. The molecule has 1 aliphatic rings. The number of aliphatic hydroxyl groups excluding tert-OH is 1. The van der Waals surface area contributed by atoms with Gasteiger partial charge in [-0.05, 0) is 25.5 Å². The largest absolute Gasteiger partial charge is 0.392 e. The van der Waals surface area contributed by atoms with Crippen molar-refractivity contribution in [1.29, 1.82) is 0 Å². The summed E-state index contributed by atoms with van der Waals surface area (Å²) in [7, 11) is 0. The third kappa shape index (κ3) is 2.82. The average molecular weight is 276 g/mol. The van der Waals surface area contributed by atoms with Crippen LogP contribution in [0.2, 0.25) is 0 Å². The first-order valence-electron chi connectivity index (χ1n) is 6.67. The number of anilines is 1. The Balaban J connectivity index is 1.90. The third-order valence-corrected chi connectivity index (χ3v) is 4.04. The van der Waals surface area contributed by atoms with E-state index in [9.17, 15) is 14.7 Å². The number of aryl methyl sites for hydroxylation is 1. The van der Waals surface area contributed by atoms with Crippen molar-refractivity contribution in [2.45, 2.75) is 39.3 Å². The third-order valence-electron chi connectivity index (χ3n) is 4.04. The first kappa shape index (κ1) is 14.5. The van der Waals surface area contributed by atoms with Gasteiger partial charge >= 0.3 is 11.8 Å². The van der Waals surface area contributed by atoms with Gasteiger partial charge in [0.25, 0.3) is 0 Å². The highest BCUT2D eigenvalue weighted by molar-refractivity contribution is 6.39. The normalized spacial score (nSPS) is 23.6. The minimum Gasteiger partial charge on any atom is -0.392 e. The molecule has 108 valence electrons. The monoisotopic (exact) mass is 276 g/mol. The molecule has 0 radical (unpaired) electrons. The van der Waals surface area contributed by atoms with Crippen LogP contribution in [0, 0.1) is 12.3 Å². The van der Waals surface area contributed by atoms with Crippen LogP contribution >= 0.6 is 0 Å². The number of benzene rings is 1. The van der Waals surface area contributed by atoms with E-state index in [2.05, 4.69) is 10.6 Å². The molecule has 1 aliphatic carbocycles. The zero-order valence-corrected chi connectivity index (χ0v) is 11.9. The lowest BCUT2D eigenvalue weighted by atomic mass is 9.64. The molecule has 1 aromatic rings. The number of nitrogens with one attached hydrogen (secondary N) is 2. The lowest BCUT2D eigenvalue weighted by molar-refractivity contribution is -0.141. The van der Waals surface area contributed by atoms with Crippen molar-refractivity contribution in [2.75, 3.05) is 5.32 Å². The van der Waals surface area contributed by atoms with Gasteiger partial charge in [-0.15, -0.1) is 0 Å². The molecule has 20 heavy (non-hydrogen) atoms. The quantitative estimate of drug-likeness (QED) is 0.710. The van der Waals surface area contributed by atoms with Crippen molar-refractivity contribution >= 4 is 17.5 Å². The Morgan fingerprint density at radius 2 is 1.80 bits per heavy atom. The van der Waals surface area contributed by atoms with Crippen molar-refractivity contribution in [1.82, 2.24) is 5.32 Å². The van der Waals surface area contributed by atoms with E-state index >= 15 is 0 Å². The lowest BCUT2D eigenvalue weighted by Crippen LogP contribution is -2.62. The second kappa shape index (κ2) is 5.25. The Hall–Kier alpha value is -1.88. The summed E-state index contributed by atoms with van der Waals surface area (Å²) in [4.78, 5) is 23.6. The minimum atomic E-state index is -0.689. The van der Waals surface area contributed by atoms with Gasteiger partial charge in [0, 0.05) is 17.1 Å². The van der Waals surface area contributed by atoms with Crippen LogP contribution in [0.5, 0.6) is 0 Å². The Labute approximate surface area is 118 Å². The summed E-state index contributed by atoms with van der Waals surface area (Å²) < 4.78 is 0. The number of carbonyl (C=O) groups excluding carboxylic acids is 2. The number of amides is 2. The predicted molar refractivity (Wildman–Crippen MR) is 76.1 cm³/mol. The van der Waals surface area contributed by atoms with Gasteiger partial charge in [0.1, 0.15) is 0 Å². The molecule has 0 bridgehead atoms. The summed E-state index contributed by atoms with van der Waals surface area (Å²) in [5, 5.41) is 14.8. The Morgan fingerprint density at radius 3 is 2.30 bits per heavy atom. The van der Waals surface area contributed by atoms with E-state index in [0.717, 1.165) is 5.56 Å². The van der Waals surface area contributed by atoms with Gasteiger partial charge in [-0.2, -0.15) is 0 Å². The standard InChI is InChI=1S/C15H20N2O3/c1-9-4-6-10(7-5-9)16-13(19)14(20)17-11-8-12(18)15(11,2)3/h4-7,11-12,18H,8H2,1-3H3,(H,16,19)(H,17,20). The maximum atomic E-state index is 11.8. The van der Waals surface area contributed by atoms with Crippen LogP contribution in [0.4, 0.5) is 5.69 Å². The SMILES string of the molecule is Cc1ccc(NC(=O)C(=O)NC2CC(O)C2(C)C)cc1. The molecule has 5 heteroatoms. The molecular formula is C15H20N2O3. The van der Waals surface area contributed by atoms with Crippen molar-refractivity contribution in [3.8, 4) is 0 Å². The van der Waals surface area contributed by atoms with Crippen LogP contribution in [0.3, 0.4) is 0 Å². The zero-order chi connectivity index (χ0) is 14.9. The van der Waals surface area contributed by atoms with E-state index < -0.39 is 17.9 Å². The van der Waals surface area contributed by atoms with Crippen molar-refractivity contribution in [3.63, 3.8) is 0 Å². The van der Waals surface area contributed by atoms with Crippen molar-refractivity contribution in [2.24, 2.45) is 5.41 Å². The second-order valence-corrected chi connectivity index (χ2v) is 5.92. The summed E-state index contributed by atoms with van der Waals surface area (Å²) in [5.41, 5.74) is 1.28. The molecule has 2 unspecified atom stereocenters. The fourth-order valence-electron chi connectivity index (χ4n) is 2.20. The molecule has 1 aromatic carbocycles. The summed E-state index contributed by atoms with van der Waals surface area (Å²) in [5.74, 6) is -1.36. The van der Waals surface area contributed by atoms with Crippen LogP contribution in [0.25, 0.3) is 0 Å². The molecule has 2 atom stereocenters. The van der Waals surface area contributed by atoms with Crippen LogP contribution in [-0.2, 0) is 9.59 Å². The Bertz CT molecular complexity index is 522. The van der Waals surface area contributed by atoms with Crippen LogP contribution in [0.1, 0.15) is 25.8 Å². The van der Waals surface area contributed by atoms with E-state index in [-0.39, 0.29) is 11.5 Å². The maximum Gasteiger partial charge on any atom is 0.313 e. The van der Waals surface area contributed by atoms with E-state index in [1.165, 1.54) is 0 Å². The molecule has 0 spiro atoms. The maximum absolute atomic E-state index is 11.8. The Morgan fingerprint density at radius 1 is 1.20 bits per heavy atom. The molecule has 3 N–H and O–H groups in total. The molecular weight excluding hydrogens is 256 g/mol. The molecule has 5 nitrogen and oxygen atoms in total. The van der Waals surface area contributed by atoms with E-state index in [0.29, 0.717) is 12.1 Å². The summed E-state index contributed by atoms with van der Waals surface area (Å²) >= 11 is 0. The van der Waals surface area contributed by atoms with Gasteiger partial charge in [0.05, 0.1) is 6.10 Å². The number of hydrogen-bond acceptors (Lipinski definition) is 3. The number of carbonyl (C=O) groups is 2. The van der Waals surface area contributed by atoms with Crippen LogP contribution in [0.15, 0.2) is 24.3 Å². The fourth-order valence-corrected chi connectivity index (χ4v) is 2.20. The molecule has 2 rings (SSSR count). The van der Waals surface area contributed by atoms with Gasteiger partial charge in [-0.1, -0.05) is 31.5 Å². The van der Waals surface area contributed by atoms with Gasteiger partial charge in [0.2, 0.25) is 0 Å². The predicted octanol–water partition coefficient (Wildman–Crippen LogP) is 1.21. The number of rotatable bonds is 2. The molecule has 0 aromatic heterocycles. The van der Waals surface area contributed by atoms with Crippen LogP contribution < -0.4 is 10.6 Å². The highest BCUT2D eigenvalue weighted by Gasteiger charge is 2.48. The summed E-state index contributed by atoms with van der Waals surface area (Å²) in [6.45, 7) is 5.68. The van der Waals surface area contributed by atoms with E-state index in [4.69, 9.17) is 0 Å². The Kier molecular flexibility index (Phi) is 3.81. The number of aliphatic hydroxyl groups is 1. The molecule has 1 fully saturated rings. The molecule has 0 saturated heterocycles. The first-order valence-corrected chi connectivity index (χ1v) is 6.67. The van der Waals surface area contributed by atoms with Crippen molar-refractivity contribution < 1.29 is 14.7 Å². The van der Waals surface area contributed by atoms with E-state index in [1.54, 1.807) is 12.1 Å². The fraction of sp³-hybridized carbons (Fsp3) is 0.467. The summed E-state index contributed by atoms with van der Waals surface area (Å²) in [6.07, 6.45) is 0.0456. The highest BCUT2D eigenvalue weighted by Crippen LogP contribution is 2.40. The smallest absolute Gasteiger partial charge is 0.313 e. The first-order chi connectivity index (χ1) is 9.30. The topological polar surface area (TPSA) is 78.4 Å². The highest BCUT2D eigenvalue weighted by atomic mass is 16.3. The van der Waals surface area contributed by atoms with Crippen LogP contribution in [-0.4, -0.2) is 29.1 Å². The van der Waals surface area contributed by atoms with E-state index in [1.807, 2.05) is 32.9 Å². The molecule has 2 amide bonds. The van der Waals surface area contributed by atoms with Crippen molar-refractivity contribution in [3.05, 3.63) is 29.8 Å². The van der Waals surface area contributed by atoms with Gasteiger partial charge < -0.3 is 15.7 Å². The minimum absolute atomic E-state index is 0.172. The summed E-state index contributed by atoms with van der Waals surface area (Å²) in [6, 6.07) is 7.04. The molecule has 0 aliphatic heterocycles. The molecule has 0 heterocycles. The van der Waals surface area contributed by atoms with Gasteiger partial charge in [0.15, 0.2) is 0 Å². The second-order valence-electron chi connectivity index (χ2n) is 5.92.